The van der Waals surface area contributed by atoms with Crippen molar-refractivity contribution in [1.29, 1.82) is 0 Å². The Bertz CT molecular complexity index is 1450. The van der Waals surface area contributed by atoms with Crippen LogP contribution in [0.4, 0.5) is 21.5 Å². The van der Waals surface area contributed by atoms with Gasteiger partial charge in [-0.25, -0.2) is 14.4 Å². The van der Waals surface area contributed by atoms with Crippen LogP contribution in [0.25, 0.3) is 0 Å². The molecule has 0 aromatic heterocycles. The highest BCUT2D eigenvalue weighted by Gasteiger charge is 2.37. The fourth-order valence-electron chi connectivity index (χ4n) is 5.25. The molecule has 11 nitrogen and oxygen atoms in total. The van der Waals surface area contributed by atoms with Crippen molar-refractivity contribution in [2.24, 2.45) is 15.9 Å². The van der Waals surface area contributed by atoms with Crippen LogP contribution in [-0.4, -0.2) is 81.6 Å². The second kappa shape index (κ2) is 12.7. The van der Waals surface area contributed by atoms with E-state index in [0.717, 1.165) is 16.8 Å². The molecule has 0 spiro atoms. The molecule has 2 atom stereocenters. The molecule has 12 heteroatoms. The molecule has 0 radical (unpaired) electrons. The number of hydrazine groups is 1. The predicted octanol–water partition coefficient (Wildman–Crippen LogP) is 3.16. The number of carbonyl (C=O) groups is 2. The van der Waals surface area contributed by atoms with Crippen molar-refractivity contribution in [3.8, 4) is 0 Å². The molecule has 1 unspecified atom stereocenters. The molecule has 2 aromatic rings. The minimum absolute atomic E-state index is 0.0876. The van der Waals surface area contributed by atoms with E-state index in [1.807, 2.05) is 36.7 Å². The van der Waals surface area contributed by atoms with Gasteiger partial charge in [-0.1, -0.05) is 6.07 Å². The van der Waals surface area contributed by atoms with Crippen molar-refractivity contribution in [2.45, 2.75) is 26.8 Å². The lowest BCUT2D eigenvalue weighted by Gasteiger charge is -2.29. The van der Waals surface area contributed by atoms with Gasteiger partial charge < -0.3 is 25.0 Å². The lowest BCUT2D eigenvalue weighted by atomic mass is 10.0. The van der Waals surface area contributed by atoms with Crippen LogP contribution in [0.2, 0.25) is 0 Å². The second-order valence-corrected chi connectivity index (χ2v) is 10.6. The molecule has 0 saturated carbocycles. The number of anilines is 2. The van der Waals surface area contributed by atoms with E-state index in [2.05, 4.69) is 21.1 Å². The Labute approximate surface area is 244 Å². The van der Waals surface area contributed by atoms with Crippen molar-refractivity contribution in [2.75, 3.05) is 56.8 Å². The first-order valence-corrected chi connectivity index (χ1v) is 13.9. The van der Waals surface area contributed by atoms with E-state index in [-0.39, 0.29) is 23.4 Å². The molecule has 3 heterocycles. The summed E-state index contributed by atoms with van der Waals surface area (Å²) in [7, 11) is 1.60. The van der Waals surface area contributed by atoms with Crippen molar-refractivity contribution >= 4 is 41.1 Å². The number of halogens is 1. The molecule has 3 N–H and O–H groups in total. The van der Waals surface area contributed by atoms with Gasteiger partial charge in [-0.15, -0.1) is 0 Å². The van der Waals surface area contributed by atoms with Gasteiger partial charge in [0.25, 0.3) is 5.91 Å². The Balaban J connectivity index is 1.34. The summed E-state index contributed by atoms with van der Waals surface area (Å²) in [5, 5.41) is 7.71. The van der Waals surface area contributed by atoms with E-state index in [1.54, 1.807) is 37.7 Å². The number of hydrogen-bond acceptors (Lipinski definition) is 8. The molecule has 42 heavy (non-hydrogen) atoms. The lowest BCUT2D eigenvalue weighted by molar-refractivity contribution is -0.124. The van der Waals surface area contributed by atoms with Crippen LogP contribution in [0.3, 0.4) is 0 Å². The van der Waals surface area contributed by atoms with Crippen LogP contribution in [0, 0.1) is 18.7 Å². The molecular formula is C30H36FN7O4. The summed E-state index contributed by atoms with van der Waals surface area (Å²) in [6, 6.07) is 9.77. The number of rotatable bonds is 8. The Hall–Kier alpha value is -4.29. The van der Waals surface area contributed by atoms with E-state index in [1.165, 1.54) is 6.07 Å². The summed E-state index contributed by atoms with van der Waals surface area (Å²) >= 11 is 0. The van der Waals surface area contributed by atoms with Crippen molar-refractivity contribution in [3.63, 3.8) is 0 Å². The van der Waals surface area contributed by atoms with Crippen molar-refractivity contribution in [3.05, 3.63) is 64.6 Å². The zero-order chi connectivity index (χ0) is 29.8. The zero-order valence-corrected chi connectivity index (χ0v) is 24.2. The second-order valence-electron chi connectivity index (χ2n) is 10.6. The monoisotopic (exact) mass is 577 g/mol. The molecule has 2 amide bonds. The summed E-state index contributed by atoms with van der Waals surface area (Å²) in [6.07, 6.45) is 1.54. The van der Waals surface area contributed by atoms with Crippen LogP contribution < -0.4 is 21.0 Å². The molecule has 0 bridgehead atoms. The van der Waals surface area contributed by atoms with Gasteiger partial charge in [0.15, 0.2) is 5.84 Å². The van der Waals surface area contributed by atoms with Gasteiger partial charge in [0.2, 0.25) is 5.91 Å². The average molecular weight is 578 g/mol. The molecule has 2 aromatic carbocycles. The number of ether oxygens (including phenoxy) is 2. The lowest BCUT2D eigenvalue weighted by Crippen LogP contribution is -2.44. The Morgan fingerprint density at radius 2 is 2.00 bits per heavy atom. The number of methoxy groups -OCH3 is 1. The van der Waals surface area contributed by atoms with Crippen LogP contribution in [0.1, 0.15) is 29.8 Å². The normalized spacial score (nSPS) is 19.9. The summed E-state index contributed by atoms with van der Waals surface area (Å²) in [6.45, 7) is 8.87. The molecule has 222 valence electrons. The average Bonchev–Trinajstić information content (AvgIpc) is 3.32. The summed E-state index contributed by atoms with van der Waals surface area (Å²) < 4.78 is 25.4. The standard InChI is InChI=1S/C30H36FN7O4/c1-18-5-7-22(35-29(39)21-6-8-26(24(31)13-21)37-9-11-42-12-10-37)14-25(18)36-28-27-20(3)23(15-38(27)33-17-32-28)30(40)34-19(2)16-41-4/h5-8,13-14,17,19,23H,9-12,15-16H2,1-4H3,(H,34,40)(H,35,39)(H,32,33,36)/t19-,23?/m0/s1. The third-order valence-corrected chi connectivity index (χ3v) is 7.52. The molecule has 3 aliphatic heterocycles. The number of morpholine rings is 1. The molecule has 3 aliphatic rings. The highest BCUT2D eigenvalue weighted by molar-refractivity contribution is 6.07. The number of carbonyl (C=O) groups excluding carboxylic acids is 2. The first-order chi connectivity index (χ1) is 20.2. The van der Waals surface area contributed by atoms with Gasteiger partial charge in [0.05, 0.1) is 43.7 Å². The molecule has 1 saturated heterocycles. The van der Waals surface area contributed by atoms with Crippen LogP contribution in [0.15, 0.2) is 57.7 Å². The fourth-order valence-corrected chi connectivity index (χ4v) is 5.25. The zero-order valence-electron chi connectivity index (χ0n) is 24.2. The van der Waals surface area contributed by atoms with E-state index in [9.17, 15) is 14.0 Å². The molecule has 5 rings (SSSR count). The number of hydrogen-bond donors (Lipinski definition) is 3. The topological polar surface area (TPSA) is 120 Å². The van der Waals surface area contributed by atoms with Gasteiger partial charge in [-0.3, -0.25) is 20.0 Å². The minimum atomic E-state index is -0.450. The number of aryl methyl sites for hydroxylation is 1. The number of benzene rings is 2. The number of nitrogens with zero attached hydrogens (tertiary/aromatic N) is 4. The number of fused-ring (bicyclic) bond motifs is 1. The number of aliphatic imine (C=N–C) groups is 2. The predicted molar refractivity (Wildman–Crippen MR) is 160 cm³/mol. The quantitative estimate of drug-likeness (QED) is 0.441. The fraction of sp³-hybridized carbons (Fsp3) is 0.400. The SMILES string of the molecule is COC[C@H](C)NC(=O)C1CN2NC=NC(=Nc3cc(NC(=O)c4ccc(N5CCOCC5)c(F)c4)ccc3C)C2=C1C. The van der Waals surface area contributed by atoms with E-state index in [0.29, 0.717) is 62.4 Å². The van der Waals surface area contributed by atoms with Crippen LogP contribution in [0.5, 0.6) is 0 Å². The van der Waals surface area contributed by atoms with Gasteiger partial charge in [0, 0.05) is 37.5 Å². The van der Waals surface area contributed by atoms with Crippen LogP contribution >= 0.6 is 0 Å². The largest absolute Gasteiger partial charge is 0.383 e. The minimum Gasteiger partial charge on any atom is -0.383 e. The molecular weight excluding hydrogens is 541 g/mol. The van der Waals surface area contributed by atoms with Gasteiger partial charge in [-0.05, 0) is 62.2 Å². The first-order valence-electron chi connectivity index (χ1n) is 13.9. The maximum absolute atomic E-state index is 14.9. The molecule has 1 fully saturated rings. The van der Waals surface area contributed by atoms with E-state index < -0.39 is 11.7 Å². The van der Waals surface area contributed by atoms with E-state index >= 15 is 0 Å². The van der Waals surface area contributed by atoms with Gasteiger partial charge in [0.1, 0.15) is 17.9 Å². The summed E-state index contributed by atoms with van der Waals surface area (Å²) in [4.78, 5) is 37.2. The smallest absolute Gasteiger partial charge is 0.255 e. The number of amides is 2. The highest BCUT2D eigenvalue weighted by atomic mass is 19.1. The summed E-state index contributed by atoms with van der Waals surface area (Å²) in [5.74, 6) is -0.884. The van der Waals surface area contributed by atoms with E-state index in [4.69, 9.17) is 14.5 Å². The summed E-state index contributed by atoms with van der Waals surface area (Å²) in [5.41, 5.74) is 7.35. The van der Waals surface area contributed by atoms with Gasteiger partial charge >= 0.3 is 0 Å². The maximum atomic E-state index is 14.9. The highest BCUT2D eigenvalue weighted by Crippen LogP contribution is 2.32. The Morgan fingerprint density at radius 3 is 2.74 bits per heavy atom. The van der Waals surface area contributed by atoms with Gasteiger partial charge in [-0.2, -0.15) is 0 Å². The Morgan fingerprint density at radius 1 is 1.21 bits per heavy atom. The molecule has 0 aliphatic carbocycles. The van der Waals surface area contributed by atoms with Crippen molar-refractivity contribution < 1.29 is 23.5 Å². The third-order valence-electron chi connectivity index (χ3n) is 7.52. The Kier molecular flexibility index (Phi) is 8.83. The number of amidine groups is 1. The third kappa shape index (κ3) is 6.29. The maximum Gasteiger partial charge on any atom is 0.255 e. The van der Waals surface area contributed by atoms with Crippen molar-refractivity contribution in [1.82, 2.24) is 15.8 Å². The first kappa shape index (κ1) is 29.2. The number of nitrogens with one attached hydrogen (secondary N) is 3. The van der Waals surface area contributed by atoms with Crippen LogP contribution in [-0.2, 0) is 14.3 Å².